The zero-order valence-electron chi connectivity index (χ0n) is 11.0. The Morgan fingerprint density at radius 3 is 2.89 bits per heavy atom. The van der Waals surface area contributed by atoms with E-state index in [4.69, 9.17) is 0 Å². The van der Waals surface area contributed by atoms with Gasteiger partial charge in [-0.1, -0.05) is 13.3 Å². The summed E-state index contributed by atoms with van der Waals surface area (Å²) >= 11 is 0. The van der Waals surface area contributed by atoms with Gasteiger partial charge in [0.05, 0.1) is 20.9 Å². The van der Waals surface area contributed by atoms with Crippen molar-refractivity contribution < 1.29 is 13.0 Å². The first-order valence-corrected chi connectivity index (χ1v) is 7.93. The molecule has 0 bridgehead atoms. The number of benzene rings is 1. The fourth-order valence-electron chi connectivity index (χ4n) is 2.54. The number of halogens is 2. The molecule has 3 atom stereocenters. The summed E-state index contributed by atoms with van der Waals surface area (Å²) in [6.07, 6.45) is 3.73. The van der Waals surface area contributed by atoms with Gasteiger partial charge in [-0.05, 0) is 44.0 Å². The van der Waals surface area contributed by atoms with E-state index in [0.717, 1.165) is 50.4 Å². The highest BCUT2D eigenvalue weighted by atomic mass is 32.2. The van der Waals surface area contributed by atoms with Crippen molar-refractivity contribution in [2.24, 2.45) is 0 Å². The van der Waals surface area contributed by atoms with Crippen LogP contribution in [0.2, 0.25) is 0 Å². The molecule has 0 heterocycles. The number of nitrogens with one attached hydrogen (secondary N) is 1. The molecule has 2 nitrogen and oxygen atoms in total. The van der Waals surface area contributed by atoms with Crippen LogP contribution in [-0.2, 0) is 10.8 Å². The average molecular weight is 287 g/mol. The van der Waals surface area contributed by atoms with E-state index >= 15 is 0 Å². The first kappa shape index (κ1) is 14.6. The molecule has 1 aromatic carbocycles. The van der Waals surface area contributed by atoms with Crippen LogP contribution in [0.3, 0.4) is 0 Å². The zero-order chi connectivity index (χ0) is 13.8. The lowest BCUT2D eigenvalue weighted by atomic mass is 10.2. The summed E-state index contributed by atoms with van der Waals surface area (Å²) in [5.41, 5.74) is 0. The third-order valence-electron chi connectivity index (χ3n) is 3.49. The molecular formula is C14H19F2NOS. The molecule has 106 valence electrons. The van der Waals surface area contributed by atoms with Crippen LogP contribution in [-0.4, -0.2) is 22.0 Å². The van der Waals surface area contributed by atoms with E-state index < -0.39 is 22.4 Å². The van der Waals surface area contributed by atoms with Gasteiger partial charge in [0.1, 0.15) is 11.6 Å². The topological polar surface area (TPSA) is 29.1 Å². The predicted octanol–water partition coefficient (Wildman–Crippen LogP) is 2.99. The minimum absolute atomic E-state index is 0.00445. The summed E-state index contributed by atoms with van der Waals surface area (Å²) in [6.45, 7) is 2.93. The lowest BCUT2D eigenvalue weighted by Crippen LogP contribution is -2.38. The molecule has 1 aliphatic rings. The summed E-state index contributed by atoms with van der Waals surface area (Å²) < 4.78 is 39.3. The molecule has 1 N–H and O–H groups in total. The number of rotatable bonds is 5. The van der Waals surface area contributed by atoms with Gasteiger partial charge in [0.2, 0.25) is 0 Å². The third kappa shape index (κ3) is 3.39. The largest absolute Gasteiger partial charge is 0.313 e. The molecule has 0 saturated heterocycles. The van der Waals surface area contributed by atoms with Crippen LogP contribution in [0.15, 0.2) is 23.1 Å². The molecule has 19 heavy (non-hydrogen) atoms. The average Bonchev–Trinajstić information content (AvgIpc) is 2.86. The van der Waals surface area contributed by atoms with Crippen molar-refractivity contribution in [3.63, 3.8) is 0 Å². The van der Waals surface area contributed by atoms with Gasteiger partial charge >= 0.3 is 0 Å². The summed E-state index contributed by atoms with van der Waals surface area (Å²) in [5.74, 6) is -1.12. The van der Waals surface area contributed by atoms with Gasteiger partial charge in [-0.3, -0.25) is 4.21 Å². The van der Waals surface area contributed by atoms with E-state index in [2.05, 4.69) is 12.2 Å². The lowest BCUT2D eigenvalue weighted by molar-refractivity contribution is 0.519. The van der Waals surface area contributed by atoms with Crippen molar-refractivity contribution >= 4 is 10.8 Å². The van der Waals surface area contributed by atoms with Gasteiger partial charge in [-0.15, -0.1) is 0 Å². The fraction of sp³-hybridized carbons (Fsp3) is 0.571. The maximum absolute atomic E-state index is 13.7. The molecule has 0 aliphatic heterocycles. The van der Waals surface area contributed by atoms with Crippen molar-refractivity contribution in [1.82, 2.24) is 5.32 Å². The molecule has 1 fully saturated rings. The van der Waals surface area contributed by atoms with Crippen molar-refractivity contribution in [2.45, 2.75) is 48.8 Å². The van der Waals surface area contributed by atoms with E-state index in [1.165, 1.54) is 0 Å². The van der Waals surface area contributed by atoms with E-state index in [9.17, 15) is 13.0 Å². The quantitative estimate of drug-likeness (QED) is 0.902. The van der Waals surface area contributed by atoms with E-state index in [-0.39, 0.29) is 16.2 Å². The van der Waals surface area contributed by atoms with E-state index in [1.807, 2.05) is 0 Å². The standard InChI is InChI=1S/C14H19F2NOS/c1-2-8-17-12-4-3-5-13(12)19(18)14-9-10(15)6-7-11(14)16/h6-7,9,12-13,17H,2-5,8H2,1H3. The molecule has 1 aromatic rings. The highest BCUT2D eigenvalue weighted by Crippen LogP contribution is 2.28. The Hall–Kier alpha value is -0.810. The minimum Gasteiger partial charge on any atom is -0.313 e. The van der Waals surface area contributed by atoms with Crippen molar-refractivity contribution in [3.05, 3.63) is 29.8 Å². The smallest absolute Gasteiger partial charge is 0.139 e. The molecular weight excluding hydrogens is 268 g/mol. The van der Waals surface area contributed by atoms with Gasteiger partial charge < -0.3 is 5.32 Å². The first-order chi connectivity index (χ1) is 9.13. The van der Waals surface area contributed by atoms with Gasteiger partial charge in [0.25, 0.3) is 0 Å². The maximum Gasteiger partial charge on any atom is 0.139 e. The van der Waals surface area contributed by atoms with E-state index in [1.54, 1.807) is 0 Å². The van der Waals surface area contributed by atoms with Crippen LogP contribution in [0.5, 0.6) is 0 Å². The zero-order valence-corrected chi connectivity index (χ0v) is 11.8. The lowest BCUT2D eigenvalue weighted by Gasteiger charge is -2.20. The molecule has 0 radical (unpaired) electrons. The summed E-state index contributed by atoms with van der Waals surface area (Å²) in [6, 6.07) is 3.30. The monoisotopic (exact) mass is 287 g/mol. The summed E-state index contributed by atoms with van der Waals surface area (Å²) in [5, 5.41) is 3.23. The second kappa shape index (κ2) is 6.57. The molecule has 0 amide bonds. The number of hydrogen-bond donors (Lipinski definition) is 1. The normalized spacial score (nSPS) is 24.6. The Morgan fingerprint density at radius 2 is 2.16 bits per heavy atom. The molecule has 2 rings (SSSR count). The van der Waals surface area contributed by atoms with Crippen LogP contribution >= 0.6 is 0 Å². The Morgan fingerprint density at radius 1 is 1.37 bits per heavy atom. The van der Waals surface area contributed by atoms with Crippen LogP contribution < -0.4 is 5.32 Å². The van der Waals surface area contributed by atoms with Gasteiger partial charge in [-0.25, -0.2) is 8.78 Å². The maximum atomic E-state index is 13.7. The second-order valence-electron chi connectivity index (χ2n) is 4.90. The molecule has 1 saturated carbocycles. The fourth-order valence-corrected chi connectivity index (χ4v) is 4.27. The van der Waals surface area contributed by atoms with Gasteiger partial charge in [0.15, 0.2) is 0 Å². The number of hydrogen-bond acceptors (Lipinski definition) is 2. The van der Waals surface area contributed by atoms with Crippen LogP contribution in [0, 0.1) is 11.6 Å². The molecule has 0 aromatic heterocycles. The van der Waals surface area contributed by atoms with Crippen LogP contribution in [0.4, 0.5) is 8.78 Å². The van der Waals surface area contributed by atoms with Crippen LogP contribution in [0.1, 0.15) is 32.6 Å². The summed E-state index contributed by atoms with van der Waals surface area (Å²) in [7, 11) is -1.49. The van der Waals surface area contributed by atoms with Crippen molar-refractivity contribution in [3.8, 4) is 0 Å². The predicted molar refractivity (Wildman–Crippen MR) is 72.5 cm³/mol. The highest BCUT2D eigenvalue weighted by molar-refractivity contribution is 7.85. The van der Waals surface area contributed by atoms with Gasteiger partial charge in [0, 0.05) is 6.04 Å². The Labute approximate surface area is 115 Å². The molecule has 5 heteroatoms. The van der Waals surface area contributed by atoms with Crippen molar-refractivity contribution in [2.75, 3.05) is 6.54 Å². The molecule has 1 aliphatic carbocycles. The Kier molecular flexibility index (Phi) is 5.05. The Balaban J connectivity index is 2.16. The Bertz CT molecular complexity index is 467. The summed E-state index contributed by atoms with van der Waals surface area (Å²) in [4.78, 5) is -0.00445. The minimum atomic E-state index is -1.49. The second-order valence-corrected chi connectivity index (χ2v) is 6.54. The molecule has 3 unspecified atom stereocenters. The van der Waals surface area contributed by atoms with Crippen LogP contribution in [0.25, 0.3) is 0 Å². The highest BCUT2D eigenvalue weighted by Gasteiger charge is 2.33. The third-order valence-corrected chi connectivity index (χ3v) is 5.35. The van der Waals surface area contributed by atoms with Gasteiger partial charge in [-0.2, -0.15) is 0 Å². The van der Waals surface area contributed by atoms with E-state index in [0.29, 0.717) is 0 Å². The molecule has 0 spiro atoms. The first-order valence-electron chi connectivity index (χ1n) is 6.72. The van der Waals surface area contributed by atoms with Crippen molar-refractivity contribution in [1.29, 1.82) is 0 Å². The SMILES string of the molecule is CCCNC1CCCC1S(=O)c1cc(F)ccc1F.